The lowest BCUT2D eigenvalue weighted by Gasteiger charge is -2.42. The van der Waals surface area contributed by atoms with Crippen LogP contribution in [0.1, 0.15) is 30.9 Å². The van der Waals surface area contributed by atoms with Crippen LogP contribution in [0.5, 0.6) is 0 Å². The molecule has 15 heavy (non-hydrogen) atoms. The highest BCUT2D eigenvalue weighted by Gasteiger charge is 2.49. The second-order valence-electron chi connectivity index (χ2n) is 4.07. The van der Waals surface area contributed by atoms with Gasteiger partial charge >= 0.3 is 5.97 Å². The third-order valence-corrected chi connectivity index (χ3v) is 3.33. The fourth-order valence-electron chi connectivity index (χ4n) is 2.11. The Kier molecular flexibility index (Phi) is 2.44. The Hall–Kier alpha value is -1.42. The van der Waals surface area contributed by atoms with Crippen LogP contribution in [-0.4, -0.2) is 16.1 Å². The van der Waals surface area contributed by atoms with Crippen LogP contribution in [0.25, 0.3) is 0 Å². The van der Waals surface area contributed by atoms with Crippen molar-refractivity contribution in [2.75, 3.05) is 0 Å². The Morgan fingerprint density at radius 1 is 1.47 bits per heavy atom. The second kappa shape index (κ2) is 3.62. The standard InChI is InChI=1S/C11H14N2O2/c12-9(8-2-6-13-7-3-8)11(10(14)15)4-1-5-11/h2-3,6-7,9H,1,4-5,12H2,(H,14,15). The first-order valence-electron chi connectivity index (χ1n) is 5.06. The molecule has 1 atom stereocenters. The van der Waals surface area contributed by atoms with Gasteiger partial charge in [-0.25, -0.2) is 0 Å². The molecule has 1 aromatic rings. The molecular formula is C11H14N2O2. The lowest BCUT2D eigenvalue weighted by atomic mass is 9.63. The Morgan fingerprint density at radius 2 is 2.07 bits per heavy atom. The molecular weight excluding hydrogens is 192 g/mol. The molecule has 1 fully saturated rings. The second-order valence-corrected chi connectivity index (χ2v) is 4.07. The van der Waals surface area contributed by atoms with Gasteiger partial charge in [0.1, 0.15) is 0 Å². The predicted molar refractivity (Wildman–Crippen MR) is 55.1 cm³/mol. The first kappa shape index (κ1) is 10.1. The monoisotopic (exact) mass is 206 g/mol. The van der Waals surface area contributed by atoms with E-state index in [1.165, 1.54) is 0 Å². The highest BCUT2D eigenvalue weighted by Crippen LogP contribution is 2.49. The van der Waals surface area contributed by atoms with Gasteiger partial charge in [-0.3, -0.25) is 9.78 Å². The number of carbonyl (C=O) groups is 1. The minimum Gasteiger partial charge on any atom is -0.481 e. The minimum absolute atomic E-state index is 0.424. The van der Waals surface area contributed by atoms with E-state index in [0.29, 0.717) is 12.8 Å². The lowest BCUT2D eigenvalue weighted by Crippen LogP contribution is -2.46. The molecule has 4 nitrogen and oxygen atoms in total. The number of pyridine rings is 1. The van der Waals surface area contributed by atoms with Crippen LogP contribution >= 0.6 is 0 Å². The summed E-state index contributed by atoms with van der Waals surface area (Å²) in [5, 5.41) is 9.22. The fourth-order valence-corrected chi connectivity index (χ4v) is 2.11. The molecule has 0 bridgehead atoms. The third-order valence-electron chi connectivity index (χ3n) is 3.33. The number of carboxylic acid groups (broad SMARTS) is 1. The first-order chi connectivity index (χ1) is 7.17. The Bertz CT molecular complexity index is 360. The fraction of sp³-hybridized carbons (Fsp3) is 0.455. The van der Waals surface area contributed by atoms with E-state index in [9.17, 15) is 9.90 Å². The molecule has 3 N–H and O–H groups in total. The van der Waals surface area contributed by atoms with Crippen LogP contribution < -0.4 is 5.73 Å². The zero-order chi connectivity index (χ0) is 10.9. The Balaban J connectivity index is 2.27. The maximum Gasteiger partial charge on any atom is 0.311 e. The summed E-state index contributed by atoms with van der Waals surface area (Å²) in [6.45, 7) is 0. The van der Waals surface area contributed by atoms with Crippen LogP contribution in [0, 0.1) is 5.41 Å². The topological polar surface area (TPSA) is 76.2 Å². The van der Waals surface area contributed by atoms with Crippen molar-refractivity contribution in [1.82, 2.24) is 4.98 Å². The first-order valence-corrected chi connectivity index (χ1v) is 5.06. The number of aromatic nitrogens is 1. The number of aliphatic carboxylic acids is 1. The zero-order valence-corrected chi connectivity index (χ0v) is 8.39. The Labute approximate surface area is 88.1 Å². The summed E-state index contributed by atoms with van der Waals surface area (Å²) in [4.78, 5) is 15.1. The van der Waals surface area contributed by atoms with E-state index in [4.69, 9.17) is 5.73 Å². The number of nitrogens with zero attached hydrogens (tertiary/aromatic N) is 1. The number of nitrogens with two attached hydrogens (primary N) is 1. The molecule has 1 heterocycles. The number of hydrogen-bond donors (Lipinski definition) is 2. The molecule has 2 rings (SSSR count). The van der Waals surface area contributed by atoms with Crippen molar-refractivity contribution in [3.63, 3.8) is 0 Å². The third kappa shape index (κ3) is 1.51. The van der Waals surface area contributed by atoms with Gasteiger partial charge in [-0.05, 0) is 30.5 Å². The van der Waals surface area contributed by atoms with E-state index in [1.54, 1.807) is 24.5 Å². The average molecular weight is 206 g/mol. The molecule has 1 aliphatic rings. The molecule has 0 radical (unpaired) electrons. The molecule has 0 aliphatic heterocycles. The van der Waals surface area contributed by atoms with E-state index in [0.717, 1.165) is 12.0 Å². The highest BCUT2D eigenvalue weighted by atomic mass is 16.4. The van der Waals surface area contributed by atoms with Crippen molar-refractivity contribution in [2.45, 2.75) is 25.3 Å². The van der Waals surface area contributed by atoms with E-state index in [1.807, 2.05) is 0 Å². The van der Waals surface area contributed by atoms with E-state index in [2.05, 4.69) is 4.98 Å². The summed E-state index contributed by atoms with van der Waals surface area (Å²) in [6.07, 6.45) is 5.58. The highest BCUT2D eigenvalue weighted by molar-refractivity contribution is 5.77. The lowest BCUT2D eigenvalue weighted by molar-refractivity contribution is -0.156. The molecule has 1 aliphatic carbocycles. The van der Waals surface area contributed by atoms with Crippen molar-refractivity contribution >= 4 is 5.97 Å². The molecule has 0 saturated heterocycles. The van der Waals surface area contributed by atoms with Crippen molar-refractivity contribution in [3.8, 4) is 0 Å². The maximum absolute atomic E-state index is 11.2. The quantitative estimate of drug-likeness (QED) is 0.782. The molecule has 1 unspecified atom stereocenters. The molecule has 0 spiro atoms. The van der Waals surface area contributed by atoms with Crippen LogP contribution in [0.2, 0.25) is 0 Å². The van der Waals surface area contributed by atoms with Gasteiger partial charge in [0, 0.05) is 18.4 Å². The maximum atomic E-state index is 11.2. The van der Waals surface area contributed by atoms with E-state index >= 15 is 0 Å². The van der Waals surface area contributed by atoms with Crippen LogP contribution in [-0.2, 0) is 4.79 Å². The SMILES string of the molecule is NC(c1ccncc1)C1(C(=O)O)CCC1. The summed E-state index contributed by atoms with van der Waals surface area (Å²) in [5.74, 6) is -0.780. The smallest absolute Gasteiger partial charge is 0.311 e. The van der Waals surface area contributed by atoms with Gasteiger partial charge < -0.3 is 10.8 Å². The van der Waals surface area contributed by atoms with Gasteiger partial charge in [0.15, 0.2) is 0 Å². The van der Waals surface area contributed by atoms with Crippen LogP contribution in [0.4, 0.5) is 0 Å². The summed E-state index contributed by atoms with van der Waals surface area (Å²) in [5.41, 5.74) is 6.13. The number of carboxylic acids is 1. The number of hydrogen-bond acceptors (Lipinski definition) is 3. The van der Waals surface area contributed by atoms with Crippen molar-refractivity contribution < 1.29 is 9.90 Å². The van der Waals surface area contributed by atoms with Crippen LogP contribution in [0.15, 0.2) is 24.5 Å². The van der Waals surface area contributed by atoms with Gasteiger partial charge in [0.05, 0.1) is 5.41 Å². The summed E-state index contributed by atoms with van der Waals surface area (Å²) in [6, 6.07) is 3.15. The largest absolute Gasteiger partial charge is 0.481 e. The normalized spacial score (nSPS) is 20.3. The summed E-state index contributed by atoms with van der Waals surface area (Å²) in [7, 11) is 0. The molecule has 80 valence electrons. The average Bonchev–Trinajstić information content (AvgIpc) is 2.16. The Morgan fingerprint density at radius 3 is 2.47 bits per heavy atom. The molecule has 0 aromatic carbocycles. The molecule has 1 aromatic heterocycles. The predicted octanol–water partition coefficient (Wildman–Crippen LogP) is 1.34. The number of rotatable bonds is 3. The summed E-state index contributed by atoms with van der Waals surface area (Å²) < 4.78 is 0. The van der Waals surface area contributed by atoms with Crippen molar-refractivity contribution in [2.24, 2.45) is 11.1 Å². The van der Waals surface area contributed by atoms with Gasteiger partial charge in [0.2, 0.25) is 0 Å². The van der Waals surface area contributed by atoms with Crippen molar-refractivity contribution in [3.05, 3.63) is 30.1 Å². The van der Waals surface area contributed by atoms with Gasteiger partial charge in [-0.15, -0.1) is 0 Å². The zero-order valence-electron chi connectivity index (χ0n) is 8.39. The van der Waals surface area contributed by atoms with Gasteiger partial charge in [-0.1, -0.05) is 6.42 Å². The minimum atomic E-state index is -0.780. The van der Waals surface area contributed by atoms with Crippen molar-refractivity contribution in [1.29, 1.82) is 0 Å². The van der Waals surface area contributed by atoms with E-state index < -0.39 is 17.4 Å². The van der Waals surface area contributed by atoms with Crippen LogP contribution in [0.3, 0.4) is 0 Å². The molecule has 4 heteroatoms. The van der Waals surface area contributed by atoms with Gasteiger partial charge in [-0.2, -0.15) is 0 Å². The van der Waals surface area contributed by atoms with E-state index in [-0.39, 0.29) is 0 Å². The molecule has 0 amide bonds. The summed E-state index contributed by atoms with van der Waals surface area (Å²) >= 11 is 0. The molecule has 1 saturated carbocycles. The van der Waals surface area contributed by atoms with Gasteiger partial charge in [0.25, 0.3) is 0 Å².